The second kappa shape index (κ2) is 3.52. The van der Waals surface area contributed by atoms with Gasteiger partial charge in [0, 0.05) is 19.0 Å². The highest BCUT2D eigenvalue weighted by atomic mass is 16.4. The van der Waals surface area contributed by atoms with Crippen molar-refractivity contribution in [2.24, 2.45) is 0 Å². The average Bonchev–Trinajstić information content (AvgIpc) is 2.71. The van der Waals surface area contributed by atoms with Crippen molar-refractivity contribution in [1.29, 1.82) is 0 Å². The van der Waals surface area contributed by atoms with E-state index in [0.29, 0.717) is 18.9 Å². The minimum absolute atomic E-state index is 0.00954. The Labute approximate surface area is 87.4 Å². The van der Waals surface area contributed by atoms with Crippen molar-refractivity contribution in [1.82, 2.24) is 15.1 Å². The van der Waals surface area contributed by atoms with Crippen LogP contribution in [-0.4, -0.2) is 33.6 Å². The Kier molecular flexibility index (Phi) is 2.34. The van der Waals surface area contributed by atoms with E-state index < -0.39 is 0 Å². The fourth-order valence-electron chi connectivity index (χ4n) is 1.81. The zero-order chi connectivity index (χ0) is 11.0. The first kappa shape index (κ1) is 9.95. The summed E-state index contributed by atoms with van der Waals surface area (Å²) in [7, 11) is 0. The summed E-state index contributed by atoms with van der Waals surface area (Å²) in [5.74, 6) is 0.584. The zero-order valence-corrected chi connectivity index (χ0v) is 8.80. The predicted molar refractivity (Wildman–Crippen MR) is 52.9 cm³/mol. The van der Waals surface area contributed by atoms with Crippen LogP contribution in [0, 0.1) is 0 Å². The molecule has 1 fully saturated rings. The highest BCUT2D eigenvalue weighted by Crippen LogP contribution is 2.28. The van der Waals surface area contributed by atoms with Crippen LogP contribution in [0.5, 0.6) is 0 Å². The quantitative estimate of drug-likeness (QED) is 0.762. The molecule has 1 aliphatic heterocycles. The molecule has 1 saturated heterocycles. The van der Waals surface area contributed by atoms with Crippen molar-refractivity contribution in [3.8, 4) is 0 Å². The topological polar surface area (TPSA) is 85.2 Å². The number of hydrogen-bond acceptors (Lipinski definition) is 5. The standard InChI is InChI=1S/C9H14N4O2/c1-5(2)13-4-6(3-7(13)14)8-11-12-9(10)15-8/h5-6H,3-4H2,1-2H3,(H2,10,12)/t6-/m1/s1. The van der Waals surface area contributed by atoms with Gasteiger partial charge in [-0.2, -0.15) is 0 Å². The molecular formula is C9H14N4O2. The second-order valence-corrected chi connectivity index (χ2v) is 4.02. The van der Waals surface area contributed by atoms with Gasteiger partial charge in [-0.1, -0.05) is 5.10 Å². The van der Waals surface area contributed by atoms with Crippen LogP contribution in [0.3, 0.4) is 0 Å². The Morgan fingerprint density at radius 2 is 2.27 bits per heavy atom. The Bertz CT molecular complexity index is 374. The third-order valence-corrected chi connectivity index (χ3v) is 2.59. The zero-order valence-electron chi connectivity index (χ0n) is 8.80. The van der Waals surface area contributed by atoms with Crippen molar-refractivity contribution in [2.75, 3.05) is 12.3 Å². The molecule has 1 aromatic rings. The summed E-state index contributed by atoms with van der Waals surface area (Å²) in [4.78, 5) is 13.4. The van der Waals surface area contributed by atoms with Gasteiger partial charge >= 0.3 is 6.01 Å². The van der Waals surface area contributed by atoms with E-state index in [4.69, 9.17) is 10.2 Å². The Balaban J connectivity index is 2.12. The van der Waals surface area contributed by atoms with E-state index in [0.717, 1.165) is 0 Å². The normalized spacial score (nSPS) is 21.7. The molecule has 82 valence electrons. The van der Waals surface area contributed by atoms with E-state index in [9.17, 15) is 4.79 Å². The average molecular weight is 210 g/mol. The van der Waals surface area contributed by atoms with Gasteiger partial charge < -0.3 is 15.1 Å². The first-order valence-electron chi connectivity index (χ1n) is 4.96. The van der Waals surface area contributed by atoms with Crippen LogP contribution >= 0.6 is 0 Å². The molecule has 1 aliphatic rings. The van der Waals surface area contributed by atoms with Crippen LogP contribution in [0.15, 0.2) is 4.42 Å². The van der Waals surface area contributed by atoms with Gasteiger partial charge in [0.25, 0.3) is 0 Å². The maximum Gasteiger partial charge on any atom is 0.312 e. The van der Waals surface area contributed by atoms with Gasteiger partial charge in [-0.3, -0.25) is 4.79 Å². The molecular weight excluding hydrogens is 196 g/mol. The van der Waals surface area contributed by atoms with E-state index in [1.54, 1.807) is 0 Å². The maximum absolute atomic E-state index is 11.6. The smallest absolute Gasteiger partial charge is 0.312 e. The van der Waals surface area contributed by atoms with Gasteiger partial charge in [-0.15, -0.1) is 5.10 Å². The van der Waals surface area contributed by atoms with Crippen molar-refractivity contribution in [2.45, 2.75) is 32.2 Å². The largest absolute Gasteiger partial charge is 0.408 e. The van der Waals surface area contributed by atoms with Gasteiger partial charge in [0.1, 0.15) is 0 Å². The van der Waals surface area contributed by atoms with Crippen LogP contribution in [-0.2, 0) is 4.79 Å². The lowest BCUT2D eigenvalue weighted by atomic mass is 10.1. The van der Waals surface area contributed by atoms with Gasteiger partial charge in [-0.25, -0.2) is 0 Å². The first-order valence-corrected chi connectivity index (χ1v) is 4.96. The molecule has 2 N–H and O–H groups in total. The van der Waals surface area contributed by atoms with Crippen LogP contribution in [0.25, 0.3) is 0 Å². The summed E-state index contributed by atoms with van der Waals surface area (Å²) in [6.45, 7) is 4.61. The van der Waals surface area contributed by atoms with Gasteiger partial charge in [0.05, 0.1) is 5.92 Å². The van der Waals surface area contributed by atoms with Crippen LogP contribution < -0.4 is 5.73 Å². The number of nitrogen functional groups attached to an aromatic ring is 1. The molecule has 1 amide bonds. The Hall–Kier alpha value is -1.59. The SMILES string of the molecule is CC(C)N1C[C@H](c2nnc(N)o2)CC1=O. The van der Waals surface area contributed by atoms with Crippen molar-refractivity contribution >= 4 is 11.9 Å². The van der Waals surface area contributed by atoms with Gasteiger partial charge in [-0.05, 0) is 13.8 Å². The molecule has 0 unspecified atom stereocenters. The molecule has 0 aliphatic carbocycles. The lowest BCUT2D eigenvalue weighted by molar-refractivity contribution is -0.129. The van der Waals surface area contributed by atoms with E-state index in [-0.39, 0.29) is 23.9 Å². The number of carbonyl (C=O) groups excluding carboxylic acids is 1. The summed E-state index contributed by atoms with van der Waals surface area (Å²) in [6, 6.07) is 0.267. The summed E-state index contributed by atoms with van der Waals surface area (Å²) in [5.41, 5.74) is 5.34. The molecule has 0 saturated carbocycles. The number of anilines is 1. The molecule has 6 nitrogen and oxygen atoms in total. The molecule has 6 heteroatoms. The van der Waals surface area contributed by atoms with Crippen molar-refractivity contribution < 1.29 is 9.21 Å². The monoisotopic (exact) mass is 210 g/mol. The van der Waals surface area contributed by atoms with Gasteiger partial charge in [0.2, 0.25) is 11.8 Å². The highest BCUT2D eigenvalue weighted by molar-refractivity contribution is 5.79. The van der Waals surface area contributed by atoms with Crippen LogP contribution in [0.4, 0.5) is 6.01 Å². The van der Waals surface area contributed by atoms with Gasteiger partial charge in [0.15, 0.2) is 0 Å². The van der Waals surface area contributed by atoms with Crippen molar-refractivity contribution in [3.63, 3.8) is 0 Å². The number of carbonyl (C=O) groups is 1. The summed E-state index contributed by atoms with van der Waals surface area (Å²) in [6.07, 6.45) is 0.430. The third kappa shape index (κ3) is 1.79. The highest BCUT2D eigenvalue weighted by Gasteiger charge is 2.35. The fourth-order valence-corrected chi connectivity index (χ4v) is 1.81. The summed E-state index contributed by atoms with van der Waals surface area (Å²) in [5, 5.41) is 7.39. The number of amides is 1. The molecule has 0 radical (unpaired) electrons. The number of rotatable bonds is 2. The van der Waals surface area contributed by atoms with E-state index >= 15 is 0 Å². The maximum atomic E-state index is 11.6. The molecule has 1 aromatic heterocycles. The molecule has 15 heavy (non-hydrogen) atoms. The van der Waals surface area contributed by atoms with Crippen LogP contribution in [0.2, 0.25) is 0 Å². The molecule has 1 atom stereocenters. The van der Waals surface area contributed by atoms with Crippen molar-refractivity contribution in [3.05, 3.63) is 5.89 Å². The predicted octanol–water partition coefficient (Wildman–Crippen LogP) is 0.376. The summed E-state index contributed by atoms with van der Waals surface area (Å²) >= 11 is 0. The number of aromatic nitrogens is 2. The number of nitrogens with two attached hydrogens (primary N) is 1. The first-order chi connectivity index (χ1) is 7.08. The fraction of sp³-hybridized carbons (Fsp3) is 0.667. The number of nitrogens with zero attached hydrogens (tertiary/aromatic N) is 3. The molecule has 0 spiro atoms. The lowest BCUT2D eigenvalue weighted by Gasteiger charge is -2.20. The third-order valence-electron chi connectivity index (χ3n) is 2.59. The molecule has 0 aromatic carbocycles. The molecule has 2 rings (SSSR count). The molecule has 0 bridgehead atoms. The minimum atomic E-state index is -0.00954. The number of likely N-dealkylation sites (tertiary alicyclic amines) is 1. The van der Waals surface area contributed by atoms with E-state index in [1.807, 2.05) is 18.7 Å². The Morgan fingerprint density at radius 3 is 2.73 bits per heavy atom. The van der Waals surface area contributed by atoms with Crippen LogP contribution in [0.1, 0.15) is 32.1 Å². The van der Waals surface area contributed by atoms with E-state index in [2.05, 4.69) is 10.2 Å². The lowest BCUT2D eigenvalue weighted by Crippen LogP contribution is -2.31. The second-order valence-electron chi connectivity index (χ2n) is 4.02. The molecule has 2 heterocycles. The summed E-state index contributed by atoms with van der Waals surface area (Å²) < 4.78 is 5.12. The minimum Gasteiger partial charge on any atom is -0.408 e. The number of hydrogen-bond donors (Lipinski definition) is 1. The van der Waals surface area contributed by atoms with E-state index in [1.165, 1.54) is 0 Å². The Morgan fingerprint density at radius 1 is 1.53 bits per heavy atom.